The Bertz CT molecular complexity index is 366. The molecule has 2 unspecified atom stereocenters. The molecule has 1 saturated heterocycles. The Morgan fingerprint density at radius 2 is 2.13 bits per heavy atom. The highest BCUT2D eigenvalue weighted by Crippen LogP contribution is 2.18. The molecular weight excluding hydrogens is 407 g/mol. The van der Waals surface area contributed by atoms with Crippen molar-refractivity contribution < 1.29 is 9.53 Å². The van der Waals surface area contributed by atoms with E-state index in [-0.39, 0.29) is 35.9 Å². The lowest BCUT2D eigenvalue weighted by Gasteiger charge is -2.35. The highest BCUT2D eigenvalue weighted by atomic mass is 127. The molecule has 0 aromatic rings. The van der Waals surface area contributed by atoms with Crippen LogP contribution in [0.5, 0.6) is 0 Å². The molecule has 0 saturated carbocycles. The minimum atomic E-state index is -0.206. The van der Waals surface area contributed by atoms with Crippen LogP contribution in [0.15, 0.2) is 4.99 Å². The largest absolute Gasteiger partial charge is 0.469 e. The second-order valence-corrected chi connectivity index (χ2v) is 5.90. The monoisotopic (exact) mass is 440 g/mol. The summed E-state index contributed by atoms with van der Waals surface area (Å²) in [6, 6.07) is 0.727. The molecule has 2 atom stereocenters. The van der Waals surface area contributed by atoms with Crippen LogP contribution in [0.1, 0.15) is 39.5 Å². The maximum absolute atomic E-state index is 11.4. The zero-order valence-electron chi connectivity index (χ0n) is 14.9. The van der Waals surface area contributed by atoms with Gasteiger partial charge in [-0.25, -0.2) is 0 Å². The van der Waals surface area contributed by atoms with E-state index in [9.17, 15) is 4.79 Å². The predicted octanol–water partition coefficient (Wildman–Crippen LogP) is 1.84. The Morgan fingerprint density at radius 3 is 2.74 bits per heavy atom. The number of esters is 1. The van der Waals surface area contributed by atoms with Crippen LogP contribution in [0.2, 0.25) is 0 Å². The van der Waals surface area contributed by atoms with E-state index in [1.54, 1.807) is 7.05 Å². The van der Waals surface area contributed by atoms with Crippen LogP contribution in [0.25, 0.3) is 0 Å². The van der Waals surface area contributed by atoms with E-state index in [4.69, 9.17) is 4.74 Å². The van der Waals surface area contributed by atoms with E-state index in [0.717, 1.165) is 25.1 Å². The molecule has 1 fully saturated rings. The second-order valence-electron chi connectivity index (χ2n) is 5.90. The van der Waals surface area contributed by atoms with Gasteiger partial charge >= 0.3 is 5.97 Å². The lowest BCUT2D eigenvalue weighted by molar-refractivity contribution is -0.144. The number of piperidine rings is 1. The van der Waals surface area contributed by atoms with E-state index in [1.807, 2.05) is 6.92 Å². The van der Waals surface area contributed by atoms with Crippen LogP contribution in [-0.4, -0.2) is 63.2 Å². The number of carbonyl (C=O) groups excluding carboxylic acids is 1. The van der Waals surface area contributed by atoms with Crippen LogP contribution < -0.4 is 10.6 Å². The molecule has 1 rings (SSSR count). The molecule has 1 aliphatic heterocycles. The van der Waals surface area contributed by atoms with Gasteiger partial charge in [-0.3, -0.25) is 14.7 Å². The molecule has 0 spiro atoms. The molecule has 0 radical (unpaired) electrons. The quantitative estimate of drug-likeness (QED) is 0.274. The summed E-state index contributed by atoms with van der Waals surface area (Å²) in [5.74, 6) is 0.345. The van der Waals surface area contributed by atoms with Gasteiger partial charge in [0.1, 0.15) is 0 Å². The molecule has 0 aliphatic carbocycles. The first-order valence-corrected chi connectivity index (χ1v) is 8.38. The van der Waals surface area contributed by atoms with Crippen molar-refractivity contribution in [3.8, 4) is 0 Å². The molecule has 0 amide bonds. The third-order valence-electron chi connectivity index (χ3n) is 4.31. The third kappa shape index (κ3) is 8.19. The van der Waals surface area contributed by atoms with Crippen LogP contribution in [0.4, 0.5) is 0 Å². The summed E-state index contributed by atoms with van der Waals surface area (Å²) in [6.45, 7) is 7.73. The number of rotatable bonds is 7. The summed E-state index contributed by atoms with van der Waals surface area (Å²) in [7, 11) is 3.16. The zero-order valence-corrected chi connectivity index (χ0v) is 17.3. The summed E-state index contributed by atoms with van der Waals surface area (Å²) in [5.41, 5.74) is 0. The molecule has 1 aliphatic rings. The number of halogens is 1. The number of nitrogens with one attached hydrogen (secondary N) is 2. The second kappa shape index (κ2) is 12.8. The number of guanidine groups is 1. The van der Waals surface area contributed by atoms with E-state index < -0.39 is 0 Å². The fourth-order valence-corrected chi connectivity index (χ4v) is 2.89. The number of carbonyl (C=O) groups is 1. The summed E-state index contributed by atoms with van der Waals surface area (Å²) in [5, 5.41) is 6.49. The minimum Gasteiger partial charge on any atom is -0.469 e. The van der Waals surface area contributed by atoms with Gasteiger partial charge in [0.05, 0.1) is 13.0 Å². The molecule has 23 heavy (non-hydrogen) atoms. The highest BCUT2D eigenvalue weighted by Gasteiger charge is 2.20. The molecule has 0 aromatic heterocycles. The van der Waals surface area contributed by atoms with Crippen molar-refractivity contribution in [3.63, 3.8) is 0 Å². The maximum Gasteiger partial charge on any atom is 0.310 e. The van der Waals surface area contributed by atoms with Crippen LogP contribution in [0, 0.1) is 5.92 Å². The van der Waals surface area contributed by atoms with Crippen molar-refractivity contribution in [2.24, 2.45) is 10.9 Å². The predicted molar refractivity (Wildman–Crippen MR) is 105 cm³/mol. The Balaban J connectivity index is 0.00000484. The van der Waals surface area contributed by atoms with Gasteiger partial charge in [-0.2, -0.15) is 0 Å². The Labute approximate surface area is 157 Å². The lowest BCUT2D eigenvalue weighted by Crippen LogP contribution is -2.46. The van der Waals surface area contributed by atoms with Crippen molar-refractivity contribution in [2.75, 3.05) is 40.3 Å². The first-order valence-electron chi connectivity index (χ1n) is 8.38. The van der Waals surface area contributed by atoms with Crippen LogP contribution >= 0.6 is 24.0 Å². The van der Waals surface area contributed by atoms with Crippen LogP contribution in [-0.2, 0) is 9.53 Å². The fourth-order valence-electron chi connectivity index (χ4n) is 2.89. The van der Waals surface area contributed by atoms with E-state index >= 15 is 0 Å². The number of ether oxygens (including phenoxy) is 1. The molecule has 0 bridgehead atoms. The molecule has 136 valence electrons. The number of hydrogen-bond donors (Lipinski definition) is 2. The average molecular weight is 440 g/mol. The van der Waals surface area contributed by atoms with Gasteiger partial charge in [0.25, 0.3) is 0 Å². The van der Waals surface area contributed by atoms with Crippen molar-refractivity contribution >= 4 is 35.9 Å². The van der Waals surface area contributed by atoms with E-state index in [0.29, 0.717) is 6.54 Å². The molecule has 7 heteroatoms. The number of likely N-dealkylation sites (tertiary alicyclic amines) is 1. The van der Waals surface area contributed by atoms with Gasteiger partial charge in [0.2, 0.25) is 0 Å². The summed E-state index contributed by atoms with van der Waals surface area (Å²) in [4.78, 5) is 18.1. The molecular formula is C16H33IN4O2. The Kier molecular flexibility index (Phi) is 12.5. The molecule has 2 N–H and O–H groups in total. The summed E-state index contributed by atoms with van der Waals surface area (Å²) < 4.78 is 4.72. The SMILES string of the molecule is CCC1CCCCN1CCNC(=NC)NCC(C)C(=O)OC.I. The first-order chi connectivity index (χ1) is 10.6. The number of nitrogens with zero attached hydrogens (tertiary/aromatic N) is 2. The van der Waals surface area contributed by atoms with Gasteiger partial charge in [-0.15, -0.1) is 24.0 Å². The van der Waals surface area contributed by atoms with Gasteiger partial charge in [-0.05, 0) is 25.8 Å². The number of methoxy groups -OCH3 is 1. The van der Waals surface area contributed by atoms with E-state index in [2.05, 4.69) is 27.4 Å². The topological polar surface area (TPSA) is 66.0 Å². The Hall–Kier alpha value is -0.570. The maximum atomic E-state index is 11.4. The van der Waals surface area contributed by atoms with Gasteiger partial charge in [0.15, 0.2) is 5.96 Å². The van der Waals surface area contributed by atoms with Crippen molar-refractivity contribution in [2.45, 2.75) is 45.6 Å². The third-order valence-corrected chi connectivity index (χ3v) is 4.31. The highest BCUT2D eigenvalue weighted by molar-refractivity contribution is 14.0. The first kappa shape index (κ1) is 22.4. The number of aliphatic imine (C=N–C) groups is 1. The molecule has 0 aromatic carbocycles. The zero-order chi connectivity index (χ0) is 16.4. The van der Waals surface area contributed by atoms with Crippen molar-refractivity contribution in [1.29, 1.82) is 0 Å². The summed E-state index contributed by atoms with van der Waals surface area (Å²) >= 11 is 0. The molecule has 1 heterocycles. The number of hydrogen-bond acceptors (Lipinski definition) is 4. The Morgan fingerprint density at radius 1 is 1.39 bits per heavy atom. The van der Waals surface area contributed by atoms with E-state index in [1.165, 1.54) is 39.3 Å². The van der Waals surface area contributed by atoms with Crippen molar-refractivity contribution in [3.05, 3.63) is 0 Å². The fraction of sp³-hybridized carbons (Fsp3) is 0.875. The normalized spacial score (nSPS) is 20.3. The smallest absolute Gasteiger partial charge is 0.310 e. The average Bonchev–Trinajstić information content (AvgIpc) is 2.57. The van der Waals surface area contributed by atoms with Gasteiger partial charge in [0, 0.05) is 32.7 Å². The standard InChI is InChI=1S/C16H32N4O2.HI/c1-5-14-8-6-7-10-20(14)11-9-18-16(17-3)19-12-13(2)15(21)22-4;/h13-14H,5-12H2,1-4H3,(H2,17,18,19);1H. The molecule has 6 nitrogen and oxygen atoms in total. The van der Waals surface area contributed by atoms with Crippen LogP contribution in [0.3, 0.4) is 0 Å². The van der Waals surface area contributed by atoms with Crippen molar-refractivity contribution in [1.82, 2.24) is 15.5 Å². The van der Waals surface area contributed by atoms with Gasteiger partial charge in [-0.1, -0.05) is 20.3 Å². The summed E-state index contributed by atoms with van der Waals surface area (Å²) in [6.07, 6.45) is 5.21. The minimum absolute atomic E-state index is 0. The lowest BCUT2D eigenvalue weighted by atomic mass is 10.0. The van der Waals surface area contributed by atoms with Gasteiger partial charge < -0.3 is 15.4 Å².